The molecule has 3 N–H and O–H groups in total. The van der Waals surface area contributed by atoms with Crippen LogP contribution >= 0.6 is 11.3 Å². The number of nitrogens with zero attached hydrogens (tertiary/aromatic N) is 1. The molecule has 0 bridgehead atoms. The Balaban J connectivity index is 1.89. The van der Waals surface area contributed by atoms with Gasteiger partial charge < -0.3 is 15.2 Å². The highest BCUT2D eigenvalue weighted by molar-refractivity contribution is 7.16. The maximum Gasteiger partial charge on any atom is 0.341 e. The van der Waals surface area contributed by atoms with Crippen molar-refractivity contribution >= 4 is 28.2 Å². The molecule has 7 nitrogen and oxygen atoms in total. The number of aryl methyl sites for hydroxylation is 3. The van der Waals surface area contributed by atoms with Crippen LogP contribution in [0.15, 0.2) is 18.2 Å². The SMILES string of the molecule is CCOC(=O)c1c(NC(=O)c2cc(-c3cc(C)cc(C)c3O)n[nH]2)sc(C)c1C. The first-order valence-corrected chi connectivity index (χ1v) is 9.99. The number of nitrogens with one attached hydrogen (secondary N) is 2. The van der Waals surface area contributed by atoms with Crippen LogP contribution in [0.2, 0.25) is 0 Å². The van der Waals surface area contributed by atoms with E-state index < -0.39 is 11.9 Å². The monoisotopic (exact) mass is 413 g/mol. The van der Waals surface area contributed by atoms with E-state index in [0.29, 0.717) is 21.8 Å². The maximum absolute atomic E-state index is 12.7. The van der Waals surface area contributed by atoms with E-state index in [1.54, 1.807) is 13.0 Å². The number of aromatic nitrogens is 2. The zero-order valence-electron chi connectivity index (χ0n) is 17.0. The second-order valence-corrected chi connectivity index (χ2v) is 8.03. The van der Waals surface area contributed by atoms with Crippen LogP contribution in [0, 0.1) is 27.7 Å². The van der Waals surface area contributed by atoms with Gasteiger partial charge in [0.1, 0.15) is 16.4 Å². The van der Waals surface area contributed by atoms with Gasteiger partial charge in [0.05, 0.1) is 17.9 Å². The van der Waals surface area contributed by atoms with E-state index in [9.17, 15) is 14.7 Å². The van der Waals surface area contributed by atoms with Gasteiger partial charge in [-0.1, -0.05) is 6.07 Å². The summed E-state index contributed by atoms with van der Waals surface area (Å²) in [5.41, 5.74) is 4.10. The Morgan fingerprint density at radius 3 is 2.62 bits per heavy atom. The summed E-state index contributed by atoms with van der Waals surface area (Å²) in [5, 5.41) is 20.4. The average molecular weight is 413 g/mol. The molecular weight excluding hydrogens is 390 g/mol. The van der Waals surface area contributed by atoms with Crippen molar-refractivity contribution in [2.75, 3.05) is 11.9 Å². The first-order chi connectivity index (χ1) is 13.7. The van der Waals surface area contributed by atoms with Crippen LogP contribution in [0.4, 0.5) is 5.00 Å². The van der Waals surface area contributed by atoms with Crippen molar-refractivity contribution in [3.05, 3.63) is 51.0 Å². The zero-order chi connectivity index (χ0) is 21.3. The maximum atomic E-state index is 12.7. The number of carbonyl (C=O) groups is 2. The number of hydrogen-bond acceptors (Lipinski definition) is 6. The van der Waals surface area contributed by atoms with Gasteiger partial charge in [-0.15, -0.1) is 11.3 Å². The minimum atomic E-state index is -0.463. The molecule has 29 heavy (non-hydrogen) atoms. The lowest BCUT2D eigenvalue weighted by atomic mass is 10.0. The molecule has 0 fully saturated rings. The number of hydrogen-bond donors (Lipinski definition) is 3. The van der Waals surface area contributed by atoms with Crippen LogP contribution in [-0.4, -0.2) is 33.8 Å². The Hall–Kier alpha value is -3.13. The summed E-state index contributed by atoms with van der Waals surface area (Å²) in [6.45, 7) is 9.43. The molecule has 1 aromatic carbocycles. The molecule has 0 saturated heterocycles. The standard InChI is InChI=1S/C21H23N3O4S/c1-6-28-21(27)17-12(4)13(5)29-20(17)22-19(26)16-9-15(23-24-16)14-8-10(2)7-11(3)18(14)25/h7-9,25H,6H2,1-5H3,(H,22,26)(H,23,24). The number of benzene rings is 1. The number of amides is 1. The van der Waals surface area contributed by atoms with Gasteiger partial charge >= 0.3 is 5.97 Å². The van der Waals surface area contributed by atoms with Crippen molar-refractivity contribution in [3.63, 3.8) is 0 Å². The predicted molar refractivity (Wildman–Crippen MR) is 113 cm³/mol. The summed E-state index contributed by atoms with van der Waals surface area (Å²) in [6, 6.07) is 5.25. The fraction of sp³-hybridized carbons (Fsp3) is 0.286. The number of esters is 1. The molecule has 0 aliphatic carbocycles. The van der Waals surface area contributed by atoms with E-state index in [0.717, 1.165) is 21.6 Å². The molecule has 152 valence electrons. The Kier molecular flexibility index (Phi) is 5.74. The molecule has 0 aliphatic rings. The number of phenols is 1. The Morgan fingerprint density at radius 2 is 1.93 bits per heavy atom. The van der Waals surface area contributed by atoms with E-state index in [4.69, 9.17) is 4.74 Å². The summed E-state index contributed by atoms with van der Waals surface area (Å²) < 4.78 is 5.12. The van der Waals surface area contributed by atoms with Gasteiger partial charge in [-0.3, -0.25) is 9.89 Å². The van der Waals surface area contributed by atoms with E-state index in [1.165, 1.54) is 11.3 Å². The summed E-state index contributed by atoms with van der Waals surface area (Å²) in [4.78, 5) is 26.0. The molecule has 0 saturated carbocycles. The minimum absolute atomic E-state index is 0.128. The van der Waals surface area contributed by atoms with Crippen LogP contribution in [-0.2, 0) is 4.74 Å². The van der Waals surface area contributed by atoms with E-state index in [-0.39, 0.29) is 18.1 Å². The van der Waals surface area contributed by atoms with Gasteiger partial charge in [-0.25, -0.2) is 4.79 Å². The fourth-order valence-electron chi connectivity index (χ4n) is 3.07. The summed E-state index contributed by atoms with van der Waals surface area (Å²) in [5.74, 6) is -0.766. The number of H-pyrrole nitrogens is 1. The molecule has 0 unspecified atom stereocenters. The van der Waals surface area contributed by atoms with Gasteiger partial charge in [0.25, 0.3) is 5.91 Å². The second-order valence-electron chi connectivity index (χ2n) is 6.81. The highest BCUT2D eigenvalue weighted by atomic mass is 32.1. The number of aromatic amines is 1. The average Bonchev–Trinajstić information content (AvgIpc) is 3.24. The van der Waals surface area contributed by atoms with Gasteiger partial charge in [0.15, 0.2) is 0 Å². The third kappa shape index (κ3) is 4.02. The van der Waals surface area contributed by atoms with E-state index in [1.807, 2.05) is 39.8 Å². The highest BCUT2D eigenvalue weighted by Gasteiger charge is 2.23. The Bertz CT molecular complexity index is 1100. The Morgan fingerprint density at radius 1 is 1.21 bits per heavy atom. The smallest absolute Gasteiger partial charge is 0.341 e. The summed E-state index contributed by atoms with van der Waals surface area (Å²) in [7, 11) is 0. The number of anilines is 1. The molecule has 0 radical (unpaired) electrons. The third-order valence-corrected chi connectivity index (χ3v) is 5.76. The lowest BCUT2D eigenvalue weighted by molar-refractivity contribution is 0.0527. The van der Waals surface area contributed by atoms with Crippen LogP contribution in [0.3, 0.4) is 0 Å². The van der Waals surface area contributed by atoms with Crippen molar-refractivity contribution in [2.24, 2.45) is 0 Å². The lowest BCUT2D eigenvalue weighted by Gasteiger charge is -2.06. The number of rotatable bonds is 5. The lowest BCUT2D eigenvalue weighted by Crippen LogP contribution is -2.15. The summed E-state index contributed by atoms with van der Waals surface area (Å²) in [6.07, 6.45) is 0. The topological polar surface area (TPSA) is 104 Å². The van der Waals surface area contributed by atoms with Crippen molar-refractivity contribution in [3.8, 4) is 17.0 Å². The second kappa shape index (κ2) is 8.08. The molecule has 1 amide bonds. The fourth-order valence-corrected chi connectivity index (χ4v) is 4.11. The van der Waals surface area contributed by atoms with Gasteiger partial charge in [-0.2, -0.15) is 5.10 Å². The number of ether oxygens (including phenoxy) is 1. The molecule has 2 aromatic heterocycles. The van der Waals surface area contributed by atoms with Crippen molar-refractivity contribution in [1.29, 1.82) is 0 Å². The van der Waals surface area contributed by atoms with Gasteiger partial charge in [-0.05, 0) is 63.4 Å². The van der Waals surface area contributed by atoms with E-state index >= 15 is 0 Å². The van der Waals surface area contributed by atoms with E-state index in [2.05, 4.69) is 15.5 Å². The zero-order valence-corrected chi connectivity index (χ0v) is 17.8. The molecule has 0 atom stereocenters. The molecule has 0 spiro atoms. The first kappa shape index (κ1) is 20.6. The molecule has 0 aliphatic heterocycles. The Labute approximate surface area is 172 Å². The molecule has 3 rings (SSSR count). The number of thiophene rings is 1. The normalized spacial score (nSPS) is 10.8. The number of phenolic OH excluding ortho intramolecular Hbond substituents is 1. The number of aromatic hydroxyl groups is 1. The van der Waals surface area contributed by atoms with Gasteiger partial charge in [0.2, 0.25) is 0 Å². The predicted octanol–water partition coefficient (Wildman–Crippen LogP) is 4.51. The van der Waals surface area contributed by atoms with Crippen molar-refractivity contribution < 1.29 is 19.4 Å². The largest absolute Gasteiger partial charge is 0.507 e. The summed E-state index contributed by atoms with van der Waals surface area (Å²) >= 11 is 1.32. The third-order valence-electron chi connectivity index (χ3n) is 4.64. The first-order valence-electron chi connectivity index (χ1n) is 9.17. The van der Waals surface area contributed by atoms with Crippen molar-refractivity contribution in [1.82, 2.24) is 10.2 Å². The van der Waals surface area contributed by atoms with Crippen LogP contribution in [0.5, 0.6) is 5.75 Å². The quantitative estimate of drug-likeness (QED) is 0.534. The van der Waals surface area contributed by atoms with Crippen LogP contribution < -0.4 is 5.32 Å². The molecular formula is C21H23N3O4S. The highest BCUT2D eigenvalue weighted by Crippen LogP contribution is 2.34. The van der Waals surface area contributed by atoms with Crippen LogP contribution in [0.25, 0.3) is 11.3 Å². The van der Waals surface area contributed by atoms with Crippen molar-refractivity contribution in [2.45, 2.75) is 34.6 Å². The molecule has 3 aromatic rings. The molecule has 8 heteroatoms. The van der Waals surface area contributed by atoms with Crippen LogP contribution in [0.1, 0.15) is 49.3 Å². The number of carbonyl (C=O) groups excluding carboxylic acids is 2. The molecule has 2 heterocycles. The minimum Gasteiger partial charge on any atom is -0.507 e. The van der Waals surface area contributed by atoms with Gasteiger partial charge in [0, 0.05) is 10.4 Å².